The normalized spacial score (nSPS) is 18.0. The average Bonchev–Trinajstić information content (AvgIpc) is 2.96. The van der Waals surface area contributed by atoms with Gasteiger partial charge < -0.3 is 15.7 Å². The standard InChI is InChI=1S/C13H18N4OS/c1-17(8-13(18)5-2-3-6-13)10-9-4-7-19-11(9)16-12(14)15-10/h4,7,18H,2-3,5-6,8H2,1H3,(H2,14,15,16). The van der Waals surface area contributed by atoms with Crippen molar-refractivity contribution in [3.05, 3.63) is 11.4 Å². The summed E-state index contributed by atoms with van der Waals surface area (Å²) in [6.07, 6.45) is 3.93. The molecule has 1 aliphatic rings. The Labute approximate surface area is 116 Å². The minimum Gasteiger partial charge on any atom is -0.388 e. The molecule has 0 radical (unpaired) electrons. The minimum atomic E-state index is -0.587. The van der Waals surface area contributed by atoms with Gasteiger partial charge in [-0.2, -0.15) is 4.98 Å². The molecule has 1 aliphatic carbocycles. The first-order chi connectivity index (χ1) is 9.07. The Morgan fingerprint density at radius 1 is 1.42 bits per heavy atom. The van der Waals surface area contributed by atoms with E-state index in [2.05, 4.69) is 9.97 Å². The zero-order chi connectivity index (χ0) is 13.5. The number of nitrogen functional groups attached to an aromatic ring is 1. The lowest BCUT2D eigenvalue weighted by molar-refractivity contribution is 0.0558. The van der Waals surface area contributed by atoms with Gasteiger partial charge in [0.2, 0.25) is 5.95 Å². The fraction of sp³-hybridized carbons (Fsp3) is 0.538. The van der Waals surface area contributed by atoms with Gasteiger partial charge in [0, 0.05) is 13.6 Å². The van der Waals surface area contributed by atoms with Crippen molar-refractivity contribution in [1.82, 2.24) is 9.97 Å². The highest BCUT2D eigenvalue weighted by atomic mass is 32.1. The number of rotatable bonds is 3. The van der Waals surface area contributed by atoms with Crippen LogP contribution in [0.2, 0.25) is 0 Å². The molecule has 6 heteroatoms. The number of hydrogen-bond donors (Lipinski definition) is 2. The Kier molecular flexibility index (Phi) is 3.06. The van der Waals surface area contributed by atoms with Gasteiger partial charge in [-0.1, -0.05) is 12.8 Å². The molecule has 0 amide bonds. The van der Waals surface area contributed by atoms with Crippen molar-refractivity contribution in [3.8, 4) is 0 Å². The van der Waals surface area contributed by atoms with Crippen LogP contribution in [0.5, 0.6) is 0 Å². The molecule has 102 valence electrons. The number of fused-ring (bicyclic) bond motifs is 1. The lowest BCUT2D eigenvalue weighted by atomic mass is 10.0. The van der Waals surface area contributed by atoms with Crippen LogP contribution < -0.4 is 10.6 Å². The van der Waals surface area contributed by atoms with Crippen LogP contribution in [0.15, 0.2) is 11.4 Å². The maximum Gasteiger partial charge on any atom is 0.223 e. The molecule has 0 atom stereocenters. The summed E-state index contributed by atoms with van der Waals surface area (Å²) in [4.78, 5) is 11.5. The Morgan fingerprint density at radius 2 is 2.16 bits per heavy atom. The van der Waals surface area contributed by atoms with Crippen LogP contribution in [0.3, 0.4) is 0 Å². The molecule has 3 N–H and O–H groups in total. The van der Waals surface area contributed by atoms with Crippen LogP contribution in [0, 0.1) is 0 Å². The van der Waals surface area contributed by atoms with Crippen molar-refractivity contribution in [2.45, 2.75) is 31.3 Å². The number of nitrogens with two attached hydrogens (primary N) is 1. The maximum atomic E-state index is 10.5. The first-order valence-corrected chi connectivity index (χ1v) is 7.40. The first-order valence-electron chi connectivity index (χ1n) is 6.52. The number of aliphatic hydroxyl groups is 1. The van der Waals surface area contributed by atoms with Crippen LogP contribution in [-0.2, 0) is 0 Å². The molecule has 0 saturated heterocycles. The van der Waals surface area contributed by atoms with Crippen LogP contribution >= 0.6 is 11.3 Å². The summed E-state index contributed by atoms with van der Waals surface area (Å²) in [7, 11) is 1.95. The largest absolute Gasteiger partial charge is 0.388 e. The van der Waals surface area contributed by atoms with Crippen molar-refractivity contribution >= 4 is 33.3 Å². The number of nitrogens with zero attached hydrogens (tertiary/aromatic N) is 3. The zero-order valence-corrected chi connectivity index (χ0v) is 11.8. The second kappa shape index (κ2) is 4.61. The third kappa shape index (κ3) is 2.37. The molecular weight excluding hydrogens is 260 g/mol. The van der Waals surface area contributed by atoms with E-state index in [1.807, 2.05) is 23.4 Å². The molecule has 0 spiro atoms. The summed E-state index contributed by atoms with van der Waals surface area (Å²) in [5.74, 6) is 1.10. The van der Waals surface area contributed by atoms with Crippen LogP contribution in [0.1, 0.15) is 25.7 Å². The fourth-order valence-electron chi connectivity index (χ4n) is 2.85. The Morgan fingerprint density at radius 3 is 2.89 bits per heavy atom. The summed E-state index contributed by atoms with van der Waals surface area (Å²) in [6, 6.07) is 2.00. The molecule has 0 aliphatic heterocycles. The lowest BCUT2D eigenvalue weighted by Crippen LogP contribution is -2.39. The van der Waals surface area contributed by atoms with Crippen molar-refractivity contribution in [1.29, 1.82) is 0 Å². The van der Waals surface area contributed by atoms with Crippen molar-refractivity contribution in [3.63, 3.8) is 0 Å². The van der Waals surface area contributed by atoms with E-state index in [0.29, 0.717) is 6.54 Å². The van der Waals surface area contributed by atoms with Crippen molar-refractivity contribution in [2.24, 2.45) is 0 Å². The van der Waals surface area contributed by atoms with E-state index in [4.69, 9.17) is 5.73 Å². The molecule has 3 rings (SSSR count). The summed E-state index contributed by atoms with van der Waals surface area (Å²) in [6.45, 7) is 0.592. The molecule has 5 nitrogen and oxygen atoms in total. The Bertz CT molecular complexity index is 591. The Balaban J connectivity index is 1.92. The van der Waals surface area contributed by atoms with Gasteiger partial charge in [-0.15, -0.1) is 11.3 Å². The SMILES string of the molecule is CN(CC1(O)CCCC1)c1nc(N)nc2sccc12. The smallest absolute Gasteiger partial charge is 0.223 e. The van der Waals surface area contributed by atoms with E-state index in [0.717, 1.165) is 41.7 Å². The van der Waals surface area contributed by atoms with Gasteiger partial charge in [-0.05, 0) is 24.3 Å². The number of thiophene rings is 1. The molecule has 1 fully saturated rings. The lowest BCUT2D eigenvalue weighted by Gasteiger charge is -2.29. The molecule has 2 aromatic heterocycles. The number of aromatic nitrogens is 2. The predicted molar refractivity (Wildman–Crippen MR) is 78.5 cm³/mol. The van der Waals surface area contributed by atoms with Gasteiger partial charge in [0.15, 0.2) is 0 Å². The van der Waals surface area contributed by atoms with Crippen molar-refractivity contribution < 1.29 is 5.11 Å². The van der Waals surface area contributed by atoms with Crippen LogP contribution in [0.25, 0.3) is 10.2 Å². The topological polar surface area (TPSA) is 75.3 Å². The zero-order valence-electron chi connectivity index (χ0n) is 11.0. The minimum absolute atomic E-state index is 0.287. The number of hydrogen-bond acceptors (Lipinski definition) is 6. The van der Waals surface area contributed by atoms with Gasteiger partial charge in [0.1, 0.15) is 10.6 Å². The second-order valence-electron chi connectivity index (χ2n) is 5.33. The second-order valence-corrected chi connectivity index (χ2v) is 6.23. The monoisotopic (exact) mass is 278 g/mol. The first kappa shape index (κ1) is 12.6. The van der Waals surface area contributed by atoms with E-state index in [9.17, 15) is 5.11 Å². The van der Waals surface area contributed by atoms with Crippen LogP contribution in [-0.4, -0.2) is 34.3 Å². The van der Waals surface area contributed by atoms with E-state index >= 15 is 0 Å². The van der Waals surface area contributed by atoms with E-state index in [1.54, 1.807) is 11.3 Å². The summed E-state index contributed by atoms with van der Waals surface area (Å²) in [5.41, 5.74) is 5.17. The van der Waals surface area contributed by atoms with E-state index in [1.165, 1.54) is 0 Å². The van der Waals surface area contributed by atoms with Gasteiger partial charge in [0.05, 0.1) is 11.0 Å². The van der Waals surface area contributed by atoms with E-state index < -0.39 is 5.60 Å². The molecule has 2 heterocycles. The summed E-state index contributed by atoms with van der Waals surface area (Å²) < 4.78 is 0. The molecular formula is C13H18N4OS. The van der Waals surface area contributed by atoms with Gasteiger partial charge in [-0.3, -0.25) is 0 Å². The van der Waals surface area contributed by atoms with Crippen molar-refractivity contribution in [2.75, 3.05) is 24.2 Å². The third-order valence-corrected chi connectivity index (χ3v) is 4.56. The molecule has 2 aromatic rings. The molecule has 1 saturated carbocycles. The average molecular weight is 278 g/mol. The highest BCUT2D eigenvalue weighted by Gasteiger charge is 2.33. The number of anilines is 2. The Hall–Kier alpha value is -1.40. The highest BCUT2D eigenvalue weighted by Crippen LogP contribution is 2.33. The van der Waals surface area contributed by atoms with Crippen LogP contribution in [0.4, 0.5) is 11.8 Å². The predicted octanol–water partition coefficient (Wildman–Crippen LogP) is 2.01. The molecule has 19 heavy (non-hydrogen) atoms. The van der Waals surface area contributed by atoms with E-state index in [-0.39, 0.29) is 5.95 Å². The summed E-state index contributed by atoms with van der Waals surface area (Å²) >= 11 is 1.55. The number of likely N-dealkylation sites (N-methyl/N-ethyl adjacent to an activating group) is 1. The molecule has 0 bridgehead atoms. The quantitative estimate of drug-likeness (QED) is 0.898. The fourth-order valence-corrected chi connectivity index (χ4v) is 3.62. The summed E-state index contributed by atoms with van der Waals surface area (Å²) in [5, 5.41) is 13.5. The molecule has 0 aromatic carbocycles. The highest BCUT2D eigenvalue weighted by molar-refractivity contribution is 7.16. The van der Waals surface area contributed by atoms with Gasteiger partial charge in [0.25, 0.3) is 0 Å². The van der Waals surface area contributed by atoms with Gasteiger partial charge in [-0.25, -0.2) is 4.98 Å². The maximum absolute atomic E-state index is 10.5. The van der Waals surface area contributed by atoms with Gasteiger partial charge >= 0.3 is 0 Å². The third-order valence-electron chi connectivity index (χ3n) is 3.75. The molecule has 0 unspecified atom stereocenters.